The van der Waals surface area contributed by atoms with Gasteiger partial charge in [-0.1, -0.05) is 0 Å². The standard InChI is InChI=1S/C7H7NO4/c9-6(3-8-7(10)11)5-1-2-12-4-5/h1-2,4,8H,3H2,(H,10,11). The fraction of sp³-hybridized carbons (Fsp3) is 0.143. The van der Waals surface area contributed by atoms with Crippen molar-refractivity contribution < 1.29 is 19.1 Å². The van der Waals surface area contributed by atoms with Gasteiger partial charge in [0.2, 0.25) is 0 Å². The van der Waals surface area contributed by atoms with Crippen molar-refractivity contribution in [1.82, 2.24) is 5.32 Å². The summed E-state index contributed by atoms with van der Waals surface area (Å²) in [4.78, 5) is 21.0. The van der Waals surface area contributed by atoms with Gasteiger partial charge in [0.25, 0.3) is 0 Å². The molecule has 2 N–H and O–H groups in total. The lowest BCUT2D eigenvalue weighted by Crippen LogP contribution is -2.27. The summed E-state index contributed by atoms with van der Waals surface area (Å²) < 4.78 is 4.65. The minimum absolute atomic E-state index is 0.227. The van der Waals surface area contributed by atoms with Gasteiger partial charge in [0.05, 0.1) is 18.4 Å². The van der Waals surface area contributed by atoms with Crippen molar-refractivity contribution in [3.8, 4) is 0 Å². The number of carbonyl (C=O) groups excluding carboxylic acids is 1. The topological polar surface area (TPSA) is 79.5 Å². The average Bonchev–Trinajstić information content (AvgIpc) is 2.51. The lowest BCUT2D eigenvalue weighted by Gasteiger charge is -1.96. The first kappa shape index (κ1) is 8.32. The van der Waals surface area contributed by atoms with Gasteiger partial charge in [-0.15, -0.1) is 0 Å². The molecular formula is C7H7NO4. The highest BCUT2D eigenvalue weighted by Crippen LogP contribution is 1.99. The molecule has 0 saturated carbocycles. The summed E-state index contributed by atoms with van der Waals surface area (Å²) in [5, 5.41) is 10.1. The number of rotatable bonds is 3. The number of carbonyl (C=O) groups is 2. The van der Waals surface area contributed by atoms with Crippen LogP contribution in [0.15, 0.2) is 23.0 Å². The summed E-state index contributed by atoms with van der Waals surface area (Å²) in [6.45, 7) is -0.227. The quantitative estimate of drug-likeness (QED) is 0.653. The van der Waals surface area contributed by atoms with E-state index in [1.807, 2.05) is 5.32 Å². The molecule has 5 nitrogen and oxygen atoms in total. The first-order valence-corrected chi connectivity index (χ1v) is 3.22. The minimum Gasteiger partial charge on any atom is -0.472 e. The molecule has 0 atom stereocenters. The molecule has 0 fully saturated rings. The third kappa shape index (κ3) is 2.12. The molecule has 5 heteroatoms. The molecule has 0 unspecified atom stereocenters. The second-order valence-electron chi connectivity index (χ2n) is 2.09. The van der Waals surface area contributed by atoms with Crippen molar-refractivity contribution in [1.29, 1.82) is 0 Å². The van der Waals surface area contributed by atoms with Crippen LogP contribution >= 0.6 is 0 Å². The second-order valence-corrected chi connectivity index (χ2v) is 2.09. The van der Waals surface area contributed by atoms with Crippen molar-refractivity contribution in [2.24, 2.45) is 0 Å². The van der Waals surface area contributed by atoms with Gasteiger partial charge in [0.15, 0.2) is 5.78 Å². The highest BCUT2D eigenvalue weighted by atomic mass is 16.4. The van der Waals surface area contributed by atoms with Crippen LogP contribution in [0.5, 0.6) is 0 Å². The van der Waals surface area contributed by atoms with Gasteiger partial charge in [-0.05, 0) is 6.07 Å². The Hall–Kier alpha value is -1.78. The molecule has 1 aromatic heterocycles. The molecule has 1 rings (SSSR count). The maximum Gasteiger partial charge on any atom is 0.405 e. The lowest BCUT2D eigenvalue weighted by atomic mass is 10.2. The van der Waals surface area contributed by atoms with Crippen LogP contribution in [0.1, 0.15) is 10.4 Å². The molecule has 1 heterocycles. The third-order valence-electron chi connectivity index (χ3n) is 1.24. The first-order valence-electron chi connectivity index (χ1n) is 3.22. The fourth-order valence-electron chi connectivity index (χ4n) is 0.681. The fourth-order valence-corrected chi connectivity index (χ4v) is 0.681. The molecule has 12 heavy (non-hydrogen) atoms. The SMILES string of the molecule is O=C(O)NCC(=O)c1ccoc1. The molecule has 0 aliphatic rings. The largest absolute Gasteiger partial charge is 0.472 e. The average molecular weight is 169 g/mol. The molecule has 0 spiro atoms. The van der Waals surface area contributed by atoms with Crippen LogP contribution in [0, 0.1) is 0 Å². The van der Waals surface area contributed by atoms with Gasteiger partial charge >= 0.3 is 6.09 Å². The first-order chi connectivity index (χ1) is 5.70. The summed E-state index contributed by atoms with van der Waals surface area (Å²) in [6.07, 6.45) is 1.41. The molecule has 64 valence electrons. The van der Waals surface area contributed by atoms with Crippen molar-refractivity contribution in [3.05, 3.63) is 24.2 Å². The summed E-state index contributed by atoms with van der Waals surface area (Å²) in [7, 11) is 0. The van der Waals surface area contributed by atoms with E-state index in [4.69, 9.17) is 5.11 Å². The highest BCUT2D eigenvalue weighted by molar-refractivity contribution is 5.98. The predicted molar refractivity (Wildman–Crippen MR) is 39.1 cm³/mol. The molecule has 1 amide bonds. The van der Waals surface area contributed by atoms with E-state index in [0.29, 0.717) is 5.56 Å². The van der Waals surface area contributed by atoms with Gasteiger partial charge < -0.3 is 14.8 Å². The van der Waals surface area contributed by atoms with Crippen LogP contribution in [0.25, 0.3) is 0 Å². The van der Waals surface area contributed by atoms with E-state index in [0.717, 1.165) is 0 Å². The van der Waals surface area contributed by atoms with Crippen molar-refractivity contribution >= 4 is 11.9 Å². The molecule has 0 aliphatic heterocycles. The van der Waals surface area contributed by atoms with E-state index in [1.54, 1.807) is 0 Å². The van der Waals surface area contributed by atoms with E-state index < -0.39 is 6.09 Å². The van der Waals surface area contributed by atoms with E-state index >= 15 is 0 Å². The molecule has 0 aromatic carbocycles. The van der Waals surface area contributed by atoms with Crippen molar-refractivity contribution in [2.45, 2.75) is 0 Å². The number of furan rings is 1. The lowest BCUT2D eigenvalue weighted by molar-refractivity contribution is 0.0986. The van der Waals surface area contributed by atoms with Gasteiger partial charge in [-0.2, -0.15) is 0 Å². The number of hydrogen-bond donors (Lipinski definition) is 2. The van der Waals surface area contributed by atoms with Crippen molar-refractivity contribution in [2.75, 3.05) is 6.54 Å². The van der Waals surface area contributed by atoms with Gasteiger partial charge in [-0.25, -0.2) is 4.79 Å². The van der Waals surface area contributed by atoms with Crippen molar-refractivity contribution in [3.63, 3.8) is 0 Å². The smallest absolute Gasteiger partial charge is 0.405 e. The minimum atomic E-state index is -1.22. The Morgan fingerprint density at radius 3 is 2.83 bits per heavy atom. The summed E-state index contributed by atoms with van der Waals surface area (Å²) >= 11 is 0. The number of carboxylic acid groups (broad SMARTS) is 1. The number of nitrogens with one attached hydrogen (secondary N) is 1. The predicted octanol–water partition coefficient (Wildman–Crippen LogP) is 0.730. The normalized spacial score (nSPS) is 9.33. The van der Waals surface area contributed by atoms with Gasteiger partial charge in [0, 0.05) is 0 Å². The molecular weight excluding hydrogens is 162 g/mol. The Labute approximate surface area is 68.0 Å². The number of amides is 1. The van der Waals surface area contributed by atoms with E-state index in [1.165, 1.54) is 18.6 Å². The number of Topliss-reactive ketones (excluding diaryl/α,β-unsaturated/α-hetero) is 1. The summed E-state index contributed by atoms with van der Waals surface area (Å²) in [6, 6.07) is 1.48. The molecule has 0 saturated heterocycles. The van der Waals surface area contributed by atoms with Gasteiger partial charge in [0.1, 0.15) is 6.26 Å². The molecule has 0 bridgehead atoms. The molecule has 0 radical (unpaired) electrons. The highest BCUT2D eigenvalue weighted by Gasteiger charge is 2.07. The Morgan fingerprint density at radius 1 is 1.58 bits per heavy atom. The number of ketones is 1. The van der Waals surface area contributed by atoms with Crippen LogP contribution in [-0.4, -0.2) is 23.5 Å². The third-order valence-corrected chi connectivity index (χ3v) is 1.24. The second kappa shape index (κ2) is 3.56. The number of hydrogen-bond acceptors (Lipinski definition) is 3. The Bertz CT molecular complexity index is 278. The van der Waals surface area contributed by atoms with E-state index in [-0.39, 0.29) is 12.3 Å². The molecule has 0 aliphatic carbocycles. The Morgan fingerprint density at radius 2 is 2.33 bits per heavy atom. The zero-order chi connectivity index (χ0) is 8.97. The van der Waals surface area contributed by atoms with E-state index in [2.05, 4.69) is 4.42 Å². The van der Waals surface area contributed by atoms with Crippen LogP contribution < -0.4 is 5.32 Å². The summed E-state index contributed by atoms with van der Waals surface area (Å²) in [5.41, 5.74) is 0.365. The van der Waals surface area contributed by atoms with E-state index in [9.17, 15) is 9.59 Å². The zero-order valence-electron chi connectivity index (χ0n) is 6.11. The zero-order valence-corrected chi connectivity index (χ0v) is 6.11. The maximum absolute atomic E-state index is 11.0. The monoisotopic (exact) mass is 169 g/mol. The van der Waals surface area contributed by atoms with Crippen LogP contribution in [0.4, 0.5) is 4.79 Å². The van der Waals surface area contributed by atoms with Gasteiger partial charge in [-0.3, -0.25) is 4.79 Å². The Balaban J connectivity index is 2.45. The maximum atomic E-state index is 11.0. The molecule has 1 aromatic rings. The Kier molecular flexibility index (Phi) is 2.47. The van der Waals surface area contributed by atoms with Crippen LogP contribution in [0.3, 0.4) is 0 Å². The summed E-state index contributed by atoms with van der Waals surface area (Å²) in [5.74, 6) is -0.314. The van der Waals surface area contributed by atoms with Crippen LogP contribution in [-0.2, 0) is 0 Å². The van der Waals surface area contributed by atoms with Crippen LogP contribution in [0.2, 0.25) is 0 Å².